The van der Waals surface area contributed by atoms with Crippen molar-refractivity contribution in [3.05, 3.63) is 29.3 Å². The average Bonchev–Trinajstić information content (AvgIpc) is 3.18. The third kappa shape index (κ3) is 3.23. The molecule has 1 saturated carbocycles. The molecule has 0 saturated heterocycles. The third-order valence-corrected chi connectivity index (χ3v) is 3.20. The molecule has 0 bridgehead atoms. The van der Waals surface area contributed by atoms with Crippen LogP contribution in [0.5, 0.6) is 0 Å². The monoisotopic (exact) mass is 249 g/mol. The topological polar surface area (TPSA) is 61.5 Å². The number of nitrogens with two attached hydrogens (primary N) is 1. The van der Waals surface area contributed by atoms with Crippen LogP contribution in [0.2, 0.25) is 0 Å². The molecule has 0 unspecified atom stereocenters. The summed E-state index contributed by atoms with van der Waals surface area (Å²) < 4.78 is 10.3. The number of anilines is 1. The minimum atomic E-state index is -0.408. The lowest BCUT2D eigenvalue weighted by Gasteiger charge is -2.10. The summed E-state index contributed by atoms with van der Waals surface area (Å²) in [6, 6.07) is 5.36. The number of rotatable bonds is 6. The van der Waals surface area contributed by atoms with Crippen LogP contribution in [0.15, 0.2) is 18.2 Å². The van der Waals surface area contributed by atoms with Crippen LogP contribution >= 0.6 is 0 Å². The molecular formula is C14H19NO3. The van der Waals surface area contributed by atoms with Gasteiger partial charge in [-0.3, -0.25) is 0 Å². The van der Waals surface area contributed by atoms with E-state index < -0.39 is 5.97 Å². The quantitative estimate of drug-likeness (QED) is 0.477. The molecule has 0 spiro atoms. The summed E-state index contributed by atoms with van der Waals surface area (Å²) in [5.74, 6) is 0.444. The molecule has 4 heteroatoms. The van der Waals surface area contributed by atoms with E-state index in [1.54, 1.807) is 6.07 Å². The van der Waals surface area contributed by atoms with Crippen LogP contribution in [0, 0.1) is 5.92 Å². The second-order valence-corrected chi connectivity index (χ2v) is 4.66. The summed E-state index contributed by atoms with van der Waals surface area (Å²) in [5, 5.41) is 0. The Hall–Kier alpha value is -1.55. The summed E-state index contributed by atoms with van der Waals surface area (Å²) in [6.07, 6.45) is 3.76. The largest absolute Gasteiger partial charge is 0.465 e. The minimum Gasteiger partial charge on any atom is -0.465 e. The van der Waals surface area contributed by atoms with Gasteiger partial charge < -0.3 is 15.2 Å². The number of carbonyl (C=O) groups is 1. The molecule has 1 aromatic rings. The van der Waals surface area contributed by atoms with Gasteiger partial charge in [-0.25, -0.2) is 4.79 Å². The Labute approximate surface area is 107 Å². The highest BCUT2D eigenvalue weighted by Crippen LogP contribution is 2.32. The van der Waals surface area contributed by atoms with Crippen molar-refractivity contribution in [2.45, 2.75) is 25.9 Å². The van der Waals surface area contributed by atoms with Gasteiger partial charge in [0.1, 0.15) is 0 Å². The smallest absolute Gasteiger partial charge is 0.340 e. The van der Waals surface area contributed by atoms with Crippen molar-refractivity contribution in [1.82, 2.24) is 0 Å². The molecule has 0 amide bonds. The fourth-order valence-electron chi connectivity index (χ4n) is 1.93. The zero-order valence-corrected chi connectivity index (χ0v) is 10.6. The normalized spacial score (nSPS) is 14.5. The first-order chi connectivity index (χ1) is 8.72. The van der Waals surface area contributed by atoms with Gasteiger partial charge in [0.2, 0.25) is 0 Å². The molecule has 1 aliphatic carbocycles. The van der Waals surface area contributed by atoms with Crippen molar-refractivity contribution in [3.8, 4) is 0 Å². The predicted octanol–water partition coefficient (Wildman–Crippen LogP) is 2.37. The summed E-state index contributed by atoms with van der Waals surface area (Å²) in [4.78, 5) is 11.6. The molecule has 1 aliphatic rings. The van der Waals surface area contributed by atoms with Gasteiger partial charge in [0, 0.05) is 12.3 Å². The van der Waals surface area contributed by atoms with E-state index in [1.165, 1.54) is 20.0 Å². The van der Waals surface area contributed by atoms with Crippen LogP contribution in [0.4, 0.5) is 5.69 Å². The molecule has 1 fully saturated rings. The fourth-order valence-corrected chi connectivity index (χ4v) is 1.93. The van der Waals surface area contributed by atoms with Crippen molar-refractivity contribution in [2.24, 2.45) is 5.92 Å². The van der Waals surface area contributed by atoms with Crippen molar-refractivity contribution in [3.63, 3.8) is 0 Å². The number of benzene rings is 1. The molecule has 0 aromatic heterocycles. The van der Waals surface area contributed by atoms with Crippen LogP contribution < -0.4 is 5.73 Å². The van der Waals surface area contributed by atoms with Crippen molar-refractivity contribution in [1.29, 1.82) is 0 Å². The summed E-state index contributed by atoms with van der Waals surface area (Å²) in [7, 11) is 1.35. The van der Waals surface area contributed by atoms with Crippen LogP contribution in [0.25, 0.3) is 0 Å². The SMILES string of the molecule is COC(=O)c1c(N)cccc1COCCC1CC1. The highest BCUT2D eigenvalue weighted by Gasteiger charge is 2.20. The Balaban J connectivity index is 1.96. The van der Waals surface area contributed by atoms with Crippen LogP contribution in [-0.2, 0) is 16.1 Å². The van der Waals surface area contributed by atoms with Crippen LogP contribution in [0.1, 0.15) is 35.2 Å². The predicted molar refractivity (Wildman–Crippen MR) is 69.2 cm³/mol. The van der Waals surface area contributed by atoms with Crippen molar-refractivity contribution in [2.75, 3.05) is 19.5 Å². The minimum absolute atomic E-state index is 0.405. The molecule has 0 radical (unpaired) electrons. The van der Waals surface area contributed by atoms with E-state index >= 15 is 0 Å². The molecular weight excluding hydrogens is 230 g/mol. The second-order valence-electron chi connectivity index (χ2n) is 4.66. The molecule has 98 valence electrons. The van der Waals surface area contributed by atoms with Crippen molar-refractivity contribution < 1.29 is 14.3 Å². The van der Waals surface area contributed by atoms with Gasteiger partial charge in [-0.15, -0.1) is 0 Å². The van der Waals surface area contributed by atoms with Gasteiger partial charge in [-0.2, -0.15) is 0 Å². The fraction of sp³-hybridized carbons (Fsp3) is 0.500. The summed E-state index contributed by atoms with van der Waals surface area (Å²) >= 11 is 0. The molecule has 0 atom stereocenters. The second kappa shape index (κ2) is 5.87. The third-order valence-electron chi connectivity index (χ3n) is 3.20. The zero-order valence-electron chi connectivity index (χ0n) is 10.6. The summed E-state index contributed by atoms with van der Waals surface area (Å²) in [5.41, 5.74) is 7.45. The Morgan fingerprint density at radius 1 is 1.44 bits per heavy atom. The van der Waals surface area contributed by atoms with Gasteiger partial charge in [0.05, 0.1) is 19.3 Å². The first-order valence-corrected chi connectivity index (χ1v) is 6.25. The average molecular weight is 249 g/mol. The van der Waals surface area contributed by atoms with E-state index in [9.17, 15) is 4.79 Å². The maximum absolute atomic E-state index is 11.6. The number of hydrogen-bond donors (Lipinski definition) is 1. The lowest BCUT2D eigenvalue weighted by Crippen LogP contribution is -2.10. The molecule has 2 N–H and O–H groups in total. The van der Waals surface area contributed by atoms with Crippen LogP contribution in [-0.4, -0.2) is 19.7 Å². The lowest BCUT2D eigenvalue weighted by atomic mass is 10.1. The van der Waals surface area contributed by atoms with Gasteiger partial charge in [0.25, 0.3) is 0 Å². The van der Waals surface area contributed by atoms with Gasteiger partial charge in [-0.1, -0.05) is 25.0 Å². The van der Waals surface area contributed by atoms with E-state index in [2.05, 4.69) is 0 Å². The maximum Gasteiger partial charge on any atom is 0.340 e. The van der Waals surface area contributed by atoms with Gasteiger partial charge in [-0.05, 0) is 24.0 Å². The molecule has 0 aliphatic heterocycles. The lowest BCUT2D eigenvalue weighted by molar-refractivity contribution is 0.0593. The molecule has 2 rings (SSSR count). The maximum atomic E-state index is 11.6. The Morgan fingerprint density at radius 2 is 2.22 bits per heavy atom. The Morgan fingerprint density at radius 3 is 2.89 bits per heavy atom. The van der Waals surface area contributed by atoms with Gasteiger partial charge in [0.15, 0.2) is 0 Å². The van der Waals surface area contributed by atoms with E-state index in [4.69, 9.17) is 15.2 Å². The van der Waals surface area contributed by atoms with Gasteiger partial charge >= 0.3 is 5.97 Å². The standard InChI is InChI=1S/C14H19NO3/c1-17-14(16)13-11(3-2-4-12(13)15)9-18-8-7-10-5-6-10/h2-4,10H,5-9,15H2,1H3. The first-order valence-electron chi connectivity index (χ1n) is 6.25. The van der Waals surface area contributed by atoms with Crippen molar-refractivity contribution >= 4 is 11.7 Å². The highest BCUT2D eigenvalue weighted by atomic mass is 16.5. The van der Waals surface area contributed by atoms with E-state index in [0.29, 0.717) is 17.9 Å². The number of nitrogen functional groups attached to an aromatic ring is 1. The number of carbonyl (C=O) groups excluding carboxylic acids is 1. The molecule has 4 nitrogen and oxygen atoms in total. The summed E-state index contributed by atoms with van der Waals surface area (Å²) in [6.45, 7) is 1.14. The Bertz CT molecular complexity index is 427. The van der Waals surface area contributed by atoms with Crippen LogP contribution in [0.3, 0.4) is 0 Å². The van der Waals surface area contributed by atoms with E-state index in [-0.39, 0.29) is 0 Å². The molecule has 1 aromatic carbocycles. The highest BCUT2D eigenvalue weighted by molar-refractivity contribution is 5.96. The van der Waals surface area contributed by atoms with E-state index in [0.717, 1.165) is 24.5 Å². The molecule has 18 heavy (non-hydrogen) atoms. The zero-order chi connectivity index (χ0) is 13.0. The molecule has 0 heterocycles. The number of hydrogen-bond acceptors (Lipinski definition) is 4. The number of methoxy groups -OCH3 is 1. The van der Waals surface area contributed by atoms with E-state index in [1.807, 2.05) is 12.1 Å². The first kappa shape index (κ1) is 12.9. The number of ether oxygens (including phenoxy) is 2. The Kier molecular flexibility index (Phi) is 4.20. The number of esters is 1.